The van der Waals surface area contributed by atoms with E-state index in [4.69, 9.17) is 4.74 Å². The molecule has 0 radical (unpaired) electrons. The van der Waals surface area contributed by atoms with Crippen molar-refractivity contribution in [2.75, 3.05) is 12.4 Å². The Morgan fingerprint density at radius 2 is 2.24 bits per heavy atom. The van der Waals surface area contributed by atoms with E-state index in [9.17, 15) is 4.79 Å². The number of esters is 1. The molecule has 0 saturated carbocycles. The highest BCUT2D eigenvalue weighted by atomic mass is 79.9. The lowest BCUT2D eigenvalue weighted by Gasteiger charge is -2.18. The Balaban J connectivity index is 2.79. The number of nitrogens with zero attached hydrogens (tertiary/aromatic N) is 1. The Morgan fingerprint density at radius 1 is 1.59 bits per heavy atom. The fourth-order valence-corrected chi connectivity index (χ4v) is 2.71. The number of halogens is 1. The minimum Gasteiger partial charge on any atom is -0.467 e. The topological polar surface area (TPSA) is 51.2 Å². The van der Waals surface area contributed by atoms with E-state index in [0.717, 1.165) is 21.6 Å². The molecule has 0 aliphatic carbocycles. The molecule has 0 bridgehead atoms. The first kappa shape index (κ1) is 14.4. The summed E-state index contributed by atoms with van der Waals surface area (Å²) in [5.74, 6) is 0.177. The van der Waals surface area contributed by atoms with Crippen LogP contribution in [0.2, 0.25) is 0 Å². The van der Waals surface area contributed by atoms with Crippen molar-refractivity contribution in [3.05, 3.63) is 10.2 Å². The maximum atomic E-state index is 11.7. The second-order valence-electron chi connectivity index (χ2n) is 4.26. The summed E-state index contributed by atoms with van der Waals surface area (Å²) in [5.41, 5.74) is 0.922. The number of carbonyl (C=O) groups is 1. The predicted molar refractivity (Wildman–Crippen MR) is 73.4 cm³/mol. The van der Waals surface area contributed by atoms with Gasteiger partial charge in [0.1, 0.15) is 11.0 Å². The highest BCUT2D eigenvalue weighted by molar-refractivity contribution is 9.10. The van der Waals surface area contributed by atoms with E-state index < -0.39 is 0 Å². The Labute approximate surface area is 114 Å². The maximum Gasteiger partial charge on any atom is 0.328 e. The van der Waals surface area contributed by atoms with Gasteiger partial charge in [0.05, 0.1) is 17.3 Å². The summed E-state index contributed by atoms with van der Waals surface area (Å²) in [4.78, 5) is 11.7. The molecule has 0 amide bonds. The molecule has 1 heterocycles. The number of carbonyl (C=O) groups excluding carboxylic acids is 1. The standard InChI is InChI=1S/C11H17BrN2O2S/c1-6(2)5-8(11(15)16-4)13-10-9(12)7(3)14-17-10/h6,8,13H,5H2,1-4H3/t8-/m0/s1. The van der Waals surface area contributed by atoms with Crippen molar-refractivity contribution in [3.8, 4) is 0 Å². The quantitative estimate of drug-likeness (QED) is 0.846. The average Bonchev–Trinajstić information content (AvgIpc) is 2.58. The zero-order valence-electron chi connectivity index (χ0n) is 10.4. The first-order chi connectivity index (χ1) is 7.95. The maximum absolute atomic E-state index is 11.7. The summed E-state index contributed by atoms with van der Waals surface area (Å²) in [6, 6.07) is -0.323. The van der Waals surface area contributed by atoms with Gasteiger partial charge in [-0.2, -0.15) is 4.37 Å². The lowest BCUT2D eigenvalue weighted by Crippen LogP contribution is -2.31. The van der Waals surface area contributed by atoms with E-state index >= 15 is 0 Å². The molecule has 17 heavy (non-hydrogen) atoms. The van der Waals surface area contributed by atoms with Gasteiger partial charge in [0.2, 0.25) is 0 Å². The number of hydrogen-bond acceptors (Lipinski definition) is 5. The van der Waals surface area contributed by atoms with Gasteiger partial charge in [0, 0.05) is 0 Å². The number of aromatic nitrogens is 1. The number of methoxy groups -OCH3 is 1. The van der Waals surface area contributed by atoms with E-state index in [1.54, 1.807) is 0 Å². The van der Waals surface area contributed by atoms with Crippen LogP contribution in [0.1, 0.15) is 26.0 Å². The number of hydrogen-bond donors (Lipinski definition) is 1. The molecule has 1 N–H and O–H groups in total. The molecular weight excluding hydrogens is 304 g/mol. The fourth-order valence-electron chi connectivity index (χ4n) is 1.43. The normalized spacial score (nSPS) is 12.6. The molecule has 0 spiro atoms. The van der Waals surface area contributed by atoms with Gasteiger partial charge >= 0.3 is 5.97 Å². The molecule has 1 aromatic rings. The molecule has 0 unspecified atom stereocenters. The van der Waals surface area contributed by atoms with Crippen molar-refractivity contribution in [2.24, 2.45) is 5.92 Å². The Hall–Kier alpha value is -0.620. The fraction of sp³-hybridized carbons (Fsp3) is 0.636. The van der Waals surface area contributed by atoms with Gasteiger partial charge in [-0.05, 0) is 46.7 Å². The number of aryl methyl sites for hydroxylation is 1. The first-order valence-corrected chi connectivity index (χ1v) is 6.98. The second kappa shape index (κ2) is 6.35. The molecule has 0 aliphatic heterocycles. The monoisotopic (exact) mass is 320 g/mol. The van der Waals surface area contributed by atoms with Gasteiger partial charge in [-0.15, -0.1) is 0 Å². The Morgan fingerprint density at radius 3 is 2.65 bits per heavy atom. The van der Waals surface area contributed by atoms with Crippen LogP contribution >= 0.6 is 27.5 Å². The summed E-state index contributed by atoms with van der Waals surface area (Å²) in [6.45, 7) is 6.07. The van der Waals surface area contributed by atoms with Gasteiger partial charge in [0.25, 0.3) is 0 Å². The van der Waals surface area contributed by atoms with E-state index in [0.29, 0.717) is 5.92 Å². The molecule has 0 fully saturated rings. The van der Waals surface area contributed by atoms with E-state index in [-0.39, 0.29) is 12.0 Å². The molecule has 1 rings (SSSR count). The molecule has 0 saturated heterocycles. The lowest BCUT2D eigenvalue weighted by molar-refractivity contribution is -0.141. The second-order valence-corrected chi connectivity index (χ2v) is 5.83. The predicted octanol–water partition coefficient (Wildman–Crippen LogP) is 3.21. The lowest BCUT2D eigenvalue weighted by atomic mass is 10.0. The van der Waals surface area contributed by atoms with E-state index in [2.05, 4.69) is 39.5 Å². The van der Waals surface area contributed by atoms with E-state index in [1.807, 2.05) is 6.92 Å². The molecule has 96 valence electrons. The van der Waals surface area contributed by atoms with Gasteiger partial charge in [-0.25, -0.2) is 4.79 Å². The Kier molecular flexibility index (Phi) is 5.39. The highest BCUT2D eigenvalue weighted by Gasteiger charge is 2.22. The van der Waals surface area contributed by atoms with Crippen molar-refractivity contribution in [2.45, 2.75) is 33.2 Å². The van der Waals surface area contributed by atoms with Gasteiger partial charge in [-0.1, -0.05) is 13.8 Å². The van der Waals surface area contributed by atoms with Crippen LogP contribution in [0.15, 0.2) is 4.47 Å². The van der Waals surface area contributed by atoms with Gasteiger partial charge < -0.3 is 10.1 Å². The smallest absolute Gasteiger partial charge is 0.328 e. The van der Waals surface area contributed by atoms with Crippen LogP contribution in [0.25, 0.3) is 0 Å². The molecule has 1 atom stereocenters. The van der Waals surface area contributed by atoms with Crippen molar-refractivity contribution >= 4 is 38.4 Å². The van der Waals surface area contributed by atoms with E-state index in [1.165, 1.54) is 18.6 Å². The SMILES string of the molecule is COC(=O)[C@H](CC(C)C)Nc1snc(C)c1Br. The molecule has 4 nitrogen and oxygen atoms in total. The van der Waals surface area contributed by atoms with Crippen molar-refractivity contribution in [3.63, 3.8) is 0 Å². The van der Waals surface area contributed by atoms with Crippen LogP contribution in [0.5, 0.6) is 0 Å². The third-order valence-electron chi connectivity index (χ3n) is 2.29. The zero-order valence-corrected chi connectivity index (χ0v) is 12.8. The molecule has 1 aromatic heterocycles. The Bertz CT molecular complexity index is 393. The van der Waals surface area contributed by atoms with Crippen molar-refractivity contribution in [1.29, 1.82) is 0 Å². The third-order valence-corrected chi connectivity index (χ3v) is 4.39. The summed E-state index contributed by atoms with van der Waals surface area (Å²) in [7, 11) is 1.41. The average molecular weight is 321 g/mol. The van der Waals surface area contributed by atoms with Crippen LogP contribution < -0.4 is 5.32 Å². The molecule has 6 heteroatoms. The minimum atomic E-state index is -0.323. The summed E-state index contributed by atoms with van der Waals surface area (Å²) in [6.07, 6.45) is 0.732. The summed E-state index contributed by atoms with van der Waals surface area (Å²) >= 11 is 4.79. The largest absolute Gasteiger partial charge is 0.467 e. The highest BCUT2D eigenvalue weighted by Crippen LogP contribution is 2.31. The zero-order chi connectivity index (χ0) is 13.0. The first-order valence-electron chi connectivity index (χ1n) is 5.41. The van der Waals surface area contributed by atoms with Crippen LogP contribution in [0.3, 0.4) is 0 Å². The van der Waals surface area contributed by atoms with Crippen LogP contribution in [-0.2, 0) is 9.53 Å². The number of nitrogens with one attached hydrogen (secondary N) is 1. The summed E-state index contributed by atoms with van der Waals surface area (Å²) < 4.78 is 9.93. The molecule has 0 aliphatic rings. The minimum absolute atomic E-state index is 0.239. The summed E-state index contributed by atoms with van der Waals surface area (Å²) in [5, 5.41) is 4.06. The number of ether oxygens (including phenoxy) is 1. The third kappa shape index (κ3) is 3.96. The van der Waals surface area contributed by atoms with Crippen LogP contribution in [-0.4, -0.2) is 23.5 Å². The van der Waals surface area contributed by atoms with Gasteiger partial charge in [-0.3, -0.25) is 0 Å². The van der Waals surface area contributed by atoms with Crippen molar-refractivity contribution < 1.29 is 9.53 Å². The molecule has 0 aromatic carbocycles. The van der Waals surface area contributed by atoms with Crippen molar-refractivity contribution in [1.82, 2.24) is 4.37 Å². The molecular formula is C11H17BrN2O2S. The van der Waals surface area contributed by atoms with Gasteiger partial charge in [0.15, 0.2) is 0 Å². The van der Waals surface area contributed by atoms with Crippen LogP contribution in [0.4, 0.5) is 5.00 Å². The number of rotatable bonds is 5. The van der Waals surface area contributed by atoms with Crippen LogP contribution in [0, 0.1) is 12.8 Å². The number of anilines is 1.